The van der Waals surface area contributed by atoms with Gasteiger partial charge in [-0.2, -0.15) is 0 Å². The molecule has 0 saturated heterocycles. The van der Waals surface area contributed by atoms with Gasteiger partial charge in [0.15, 0.2) is 0 Å². The van der Waals surface area contributed by atoms with E-state index in [0.717, 1.165) is 0 Å². The number of aromatic nitrogens is 1. The highest BCUT2D eigenvalue weighted by Gasteiger charge is 2.18. The van der Waals surface area contributed by atoms with Crippen LogP contribution in [-0.2, 0) is 0 Å². The number of hydrogen-bond acceptors (Lipinski definition) is 0. The molecule has 1 heteroatoms. The van der Waals surface area contributed by atoms with Crippen molar-refractivity contribution in [1.82, 2.24) is 4.40 Å². The summed E-state index contributed by atoms with van der Waals surface area (Å²) in [4.78, 5) is 0. The highest BCUT2D eigenvalue weighted by molar-refractivity contribution is 6.24. The molecule has 2 heterocycles. The summed E-state index contributed by atoms with van der Waals surface area (Å²) >= 11 is 0. The standard InChI is InChI=1S/C25H19N/c1-15(2)16-10-11-23-21(12-16)19-8-5-9-20-22-13-17-6-3-4-7-18(17)14-24(22)26(23)25(19)20/h3-15H,1-2H3. The van der Waals surface area contributed by atoms with Crippen molar-refractivity contribution >= 4 is 48.9 Å². The number of fused-ring (bicyclic) bond motifs is 7. The average molecular weight is 333 g/mol. The van der Waals surface area contributed by atoms with Crippen LogP contribution in [0.5, 0.6) is 0 Å². The molecule has 0 N–H and O–H groups in total. The van der Waals surface area contributed by atoms with Gasteiger partial charge in [-0.1, -0.05) is 62.4 Å². The molecule has 0 amide bonds. The summed E-state index contributed by atoms with van der Waals surface area (Å²) in [6.45, 7) is 4.53. The molecule has 0 radical (unpaired) electrons. The molecule has 0 atom stereocenters. The number of nitrogens with zero attached hydrogens (tertiary/aromatic N) is 1. The topological polar surface area (TPSA) is 4.41 Å². The fraction of sp³-hybridized carbons (Fsp3) is 0.120. The van der Waals surface area contributed by atoms with Gasteiger partial charge in [-0.25, -0.2) is 0 Å². The minimum absolute atomic E-state index is 0.542. The summed E-state index contributed by atoms with van der Waals surface area (Å²) < 4.78 is 2.46. The van der Waals surface area contributed by atoms with Gasteiger partial charge in [-0.05, 0) is 46.5 Å². The van der Waals surface area contributed by atoms with E-state index in [1.807, 2.05) is 0 Å². The second kappa shape index (κ2) is 4.76. The predicted octanol–water partition coefficient (Wildman–Crippen LogP) is 7.11. The molecule has 0 aliphatic carbocycles. The number of hydrogen-bond donors (Lipinski definition) is 0. The van der Waals surface area contributed by atoms with E-state index < -0.39 is 0 Å². The number of benzene rings is 4. The summed E-state index contributed by atoms with van der Waals surface area (Å²) in [5.74, 6) is 0.542. The Kier molecular flexibility index (Phi) is 2.59. The van der Waals surface area contributed by atoms with Gasteiger partial charge in [-0.15, -0.1) is 0 Å². The Morgan fingerprint density at radius 2 is 1.31 bits per heavy atom. The molecule has 2 aromatic heterocycles. The molecule has 4 aromatic carbocycles. The molecule has 0 unspecified atom stereocenters. The summed E-state index contributed by atoms with van der Waals surface area (Å²) in [5, 5.41) is 8.03. The monoisotopic (exact) mass is 333 g/mol. The van der Waals surface area contributed by atoms with Crippen LogP contribution in [0.1, 0.15) is 25.3 Å². The molecule has 0 saturated carbocycles. The van der Waals surface area contributed by atoms with Crippen molar-refractivity contribution < 1.29 is 0 Å². The highest BCUT2D eigenvalue weighted by Crippen LogP contribution is 2.40. The highest BCUT2D eigenvalue weighted by atomic mass is 14.9. The van der Waals surface area contributed by atoms with Gasteiger partial charge in [0.1, 0.15) is 0 Å². The van der Waals surface area contributed by atoms with Crippen LogP contribution < -0.4 is 0 Å². The van der Waals surface area contributed by atoms with E-state index >= 15 is 0 Å². The summed E-state index contributed by atoms with van der Waals surface area (Å²) in [6.07, 6.45) is 0. The van der Waals surface area contributed by atoms with Gasteiger partial charge in [0.25, 0.3) is 0 Å². The smallest absolute Gasteiger partial charge is 0.0620 e. The molecule has 6 aromatic rings. The van der Waals surface area contributed by atoms with Crippen molar-refractivity contribution in [3.63, 3.8) is 0 Å². The lowest BCUT2D eigenvalue weighted by atomic mass is 10.00. The van der Waals surface area contributed by atoms with E-state index in [9.17, 15) is 0 Å². The van der Waals surface area contributed by atoms with E-state index in [0.29, 0.717) is 5.92 Å². The van der Waals surface area contributed by atoms with E-state index in [-0.39, 0.29) is 0 Å². The van der Waals surface area contributed by atoms with Gasteiger partial charge in [-0.3, -0.25) is 0 Å². The molecule has 0 spiro atoms. The third kappa shape index (κ3) is 1.65. The lowest BCUT2D eigenvalue weighted by Gasteiger charge is -2.06. The van der Waals surface area contributed by atoms with Crippen molar-refractivity contribution in [3.05, 3.63) is 78.4 Å². The fourth-order valence-corrected chi connectivity index (χ4v) is 4.54. The summed E-state index contributed by atoms with van der Waals surface area (Å²) in [5.41, 5.74) is 5.38. The van der Waals surface area contributed by atoms with Crippen LogP contribution in [0.3, 0.4) is 0 Å². The molecular formula is C25H19N. The third-order valence-electron chi connectivity index (χ3n) is 5.87. The maximum Gasteiger partial charge on any atom is 0.0620 e. The van der Waals surface area contributed by atoms with E-state index in [1.54, 1.807) is 0 Å². The third-order valence-corrected chi connectivity index (χ3v) is 5.87. The van der Waals surface area contributed by atoms with E-state index in [4.69, 9.17) is 0 Å². The molecular weight excluding hydrogens is 314 g/mol. The van der Waals surface area contributed by atoms with Crippen molar-refractivity contribution in [2.75, 3.05) is 0 Å². The van der Waals surface area contributed by atoms with E-state index in [1.165, 1.54) is 54.4 Å². The molecule has 26 heavy (non-hydrogen) atoms. The average Bonchev–Trinajstić information content (AvgIpc) is 3.17. The van der Waals surface area contributed by atoms with Gasteiger partial charge < -0.3 is 4.40 Å². The van der Waals surface area contributed by atoms with Crippen molar-refractivity contribution in [2.45, 2.75) is 19.8 Å². The lowest BCUT2D eigenvalue weighted by Crippen LogP contribution is -1.87. The first-order valence-corrected chi connectivity index (χ1v) is 9.33. The maximum absolute atomic E-state index is 2.46. The summed E-state index contributed by atoms with van der Waals surface area (Å²) in [7, 11) is 0. The zero-order chi connectivity index (χ0) is 17.4. The zero-order valence-electron chi connectivity index (χ0n) is 15.0. The minimum atomic E-state index is 0.542. The van der Waals surface area contributed by atoms with Gasteiger partial charge in [0.2, 0.25) is 0 Å². The second-order valence-electron chi connectivity index (χ2n) is 7.68. The van der Waals surface area contributed by atoms with Crippen molar-refractivity contribution in [2.24, 2.45) is 0 Å². The number of rotatable bonds is 1. The first kappa shape index (κ1) is 14.1. The Balaban J connectivity index is 1.91. The molecule has 1 nitrogen and oxygen atoms in total. The molecule has 6 rings (SSSR count). The van der Waals surface area contributed by atoms with Crippen LogP contribution in [0.15, 0.2) is 72.8 Å². The minimum Gasteiger partial charge on any atom is -0.308 e. The van der Waals surface area contributed by atoms with Crippen molar-refractivity contribution in [3.8, 4) is 0 Å². The predicted molar refractivity (Wildman–Crippen MR) is 113 cm³/mol. The van der Waals surface area contributed by atoms with Crippen LogP contribution in [0.4, 0.5) is 0 Å². The normalized spacial score (nSPS) is 12.6. The lowest BCUT2D eigenvalue weighted by molar-refractivity contribution is 0.869. The molecule has 0 fully saturated rings. The summed E-state index contributed by atoms with van der Waals surface area (Å²) in [6, 6.07) is 27.1. The first-order valence-electron chi connectivity index (χ1n) is 9.33. The van der Waals surface area contributed by atoms with E-state index in [2.05, 4.69) is 91.0 Å². The van der Waals surface area contributed by atoms with Gasteiger partial charge in [0.05, 0.1) is 16.6 Å². The van der Waals surface area contributed by atoms with Crippen LogP contribution in [0.2, 0.25) is 0 Å². The van der Waals surface area contributed by atoms with Crippen molar-refractivity contribution in [1.29, 1.82) is 0 Å². The molecule has 0 aliphatic heterocycles. The Morgan fingerprint density at radius 1 is 0.615 bits per heavy atom. The number of para-hydroxylation sites is 1. The Bertz CT molecular complexity index is 1450. The molecule has 0 aliphatic rings. The fourth-order valence-electron chi connectivity index (χ4n) is 4.54. The zero-order valence-corrected chi connectivity index (χ0v) is 15.0. The van der Waals surface area contributed by atoms with Crippen LogP contribution in [0, 0.1) is 0 Å². The second-order valence-corrected chi connectivity index (χ2v) is 7.68. The SMILES string of the molecule is CC(C)c1ccc2c(c1)c1cccc3c4cc5ccccc5cc4n2c13. The van der Waals surface area contributed by atoms with Gasteiger partial charge >= 0.3 is 0 Å². The molecule has 0 bridgehead atoms. The molecule has 124 valence electrons. The van der Waals surface area contributed by atoms with Gasteiger partial charge in [0, 0.05) is 21.5 Å². The Hall–Kier alpha value is -3.06. The maximum atomic E-state index is 2.46. The quantitative estimate of drug-likeness (QED) is 0.302. The van der Waals surface area contributed by atoms with Crippen LogP contribution >= 0.6 is 0 Å². The van der Waals surface area contributed by atoms with Crippen LogP contribution in [-0.4, -0.2) is 4.40 Å². The Morgan fingerprint density at radius 3 is 2.04 bits per heavy atom. The largest absolute Gasteiger partial charge is 0.308 e. The Labute approximate surface area is 151 Å². The van der Waals surface area contributed by atoms with Crippen LogP contribution in [0.25, 0.3) is 48.9 Å². The first-order chi connectivity index (χ1) is 12.7.